The number of ketones is 1. The Kier molecular flexibility index (Phi) is 5.73. The molecule has 0 saturated heterocycles. The van der Waals surface area contributed by atoms with E-state index in [9.17, 15) is 4.79 Å². The van der Waals surface area contributed by atoms with Crippen LogP contribution in [-0.2, 0) is 9.22 Å². The molecule has 0 amide bonds. The Labute approximate surface area is 165 Å². The van der Waals surface area contributed by atoms with E-state index in [1.807, 2.05) is 0 Å². The second-order valence-corrected chi connectivity index (χ2v) is 13.4. The van der Waals surface area contributed by atoms with Gasteiger partial charge < -0.3 is 4.43 Å². The van der Waals surface area contributed by atoms with Gasteiger partial charge in [0, 0.05) is 5.92 Å². The Hall–Kier alpha value is -1.71. The second kappa shape index (κ2) is 7.73. The molecule has 0 bridgehead atoms. The highest BCUT2D eigenvalue weighted by molar-refractivity contribution is 6.99. The molecule has 144 valence electrons. The van der Waals surface area contributed by atoms with Crippen LogP contribution in [0.15, 0.2) is 60.7 Å². The maximum Gasteiger partial charge on any atom is 0.261 e. The molecule has 2 aromatic rings. The zero-order valence-electron chi connectivity index (χ0n) is 17.2. The number of benzene rings is 2. The molecule has 1 fully saturated rings. The molecule has 0 aliphatic heterocycles. The molecule has 0 radical (unpaired) electrons. The maximum atomic E-state index is 12.3. The molecule has 3 rings (SSSR count). The number of carbonyl (C=O) groups excluding carboxylic acids is 1. The Morgan fingerprint density at radius 3 is 1.81 bits per heavy atom. The van der Waals surface area contributed by atoms with Crippen molar-refractivity contribution >= 4 is 24.5 Å². The van der Waals surface area contributed by atoms with Crippen molar-refractivity contribution in [3.8, 4) is 0 Å². The Morgan fingerprint density at radius 1 is 0.926 bits per heavy atom. The second-order valence-electron chi connectivity index (χ2n) is 9.11. The summed E-state index contributed by atoms with van der Waals surface area (Å²) >= 11 is 0. The first-order valence-electron chi connectivity index (χ1n) is 10.0. The van der Waals surface area contributed by atoms with Crippen molar-refractivity contribution in [3.05, 3.63) is 60.7 Å². The molecule has 1 saturated carbocycles. The highest BCUT2D eigenvalue weighted by Crippen LogP contribution is 2.42. The van der Waals surface area contributed by atoms with Gasteiger partial charge in [0.15, 0.2) is 0 Å². The third kappa shape index (κ3) is 3.81. The summed E-state index contributed by atoms with van der Waals surface area (Å²) in [5, 5.41) is 2.51. The fourth-order valence-corrected chi connectivity index (χ4v) is 9.45. The predicted molar refractivity (Wildman–Crippen MR) is 115 cm³/mol. The van der Waals surface area contributed by atoms with Gasteiger partial charge in [-0.25, -0.2) is 0 Å². The number of rotatable bonds is 5. The van der Waals surface area contributed by atoms with Gasteiger partial charge in [0.1, 0.15) is 5.78 Å². The standard InChI is InChI=1S/C24H32O2Si/c1-18-16-22(19(2)25)23(17-18)26-27(24(3,4)5,20-12-8-6-9-13-20)21-14-10-7-11-15-21/h6-15,18,22-23H,16-17H2,1-5H3/t18?,22?,23-/m1/s1. The van der Waals surface area contributed by atoms with Crippen LogP contribution in [0.4, 0.5) is 0 Å². The van der Waals surface area contributed by atoms with Gasteiger partial charge in [-0.1, -0.05) is 88.4 Å². The zero-order chi connectivity index (χ0) is 19.7. The predicted octanol–water partition coefficient (Wildman–Crippen LogP) is 4.57. The average Bonchev–Trinajstić information content (AvgIpc) is 3.00. The summed E-state index contributed by atoms with van der Waals surface area (Å²) in [6.07, 6.45) is 1.91. The van der Waals surface area contributed by atoms with Crippen molar-refractivity contribution in [2.24, 2.45) is 11.8 Å². The number of carbonyl (C=O) groups is 1. The Bertz CT molecular complexity index is 724. The van der Waals surface area contributed by atoms with Crippen molar-refractivity contribution in [3.63, 3.8) is 0 Å². The van der Waals surface area contributed by atoms with Crippen LogP contribution >= 0.6 is 0 Å². The highest BCUT2D eigenvalue weighted by atomic mass is 28.4. The van der Waals surface area contributed by atoms with E-state index in [1.54, 1.807) is 6.92 Å². The van der Waals surface area contributed by atoms with Gasteiger partial charge in [-0.05, 0) is 41.1 Å². The lowest BCUT2D eigenvalue weighted by Crippen LogP contribution is -2.68. The minimum absolute atomic E-state index is 0.00352. The Morgan fingerprint density at radius 2 is 1.41 bits per heavy atom. The monoisotopic (exact) mass is 380 g/mol. The van der Waals surface area contributed by atoms with Gasteiger partial charge in [0.2, 0.25) is 0 Å². The largest absolute Gasteiger partial charge is 0.404 e. The molecule has 0 N–H and O–H groups in total. The molecule has 0 aromatic heterocycles. The van der Waals surface area contributed by atoms with Crippen molar-refractivity contribution in [2.45, 2.75) is 58.6 Å². The molecular weight excluding hydrogens is 348 g/mol. The summed E-state index contributed by atoms with van der Waals surface area (Å²) in [5.41, 5.74) is 0. The van der Waals surface area contributed by atoms with E-state index in [0.717, 1.165) is 12.8 Å². The quantitative estimate of drug-likeness (QED) is 0.711. The smallest absolute Gasteiger partial charge is 0.261 e. The Balaban J connectivity index is 2.17. The van der Waals surface area contributed by atoms with Crippen LogP contribution in [0.5, 0.6) is 0 Å². The van der Waals surface area contributed by atoms with Gasteiger partial charge in [0.05, 0.1) is 6.10 Å². The number of Topliss-reactive ketones (excluding diaryl/α,β-unsaturated/α-hetero) is 1. The van der Waals surface area contributed by atoms with Crippen molar-refractivity contribution in [2.75, 3.05) is 0 Å². The summed E-state index contributed by atoms with van der Waals surface area (Å²) in [6, 6.07) is 21.4. The molecule has 2 aromatic carbocycles. The number of hydrogen-bond acceptors (Lipinski definition) is 2. The molecule has 1 aliphatic carbocycles. The molecular formula is C24H32O2Si. The van der Waals surface area contributed by atoms with E-state index in [-0.39, 0.29) is 22.8 Å². The van der Waals surface area contributed by atoms with Gasteiger partial charge >= 0.3 is 0 Å². The summed E-state index contributed by atoms with van der Waals surface area (Å²) in [6.45, 7) is 10.8. The number of hydrogen-bond donors (Lipinski definition) is 0. The summed E-state index contributed by atoms with van der Waals surface area (Å²) < 4.78 is 7.20. The van der Waals surface area contributed by atoms with Crippen molar-refractivity contribution in [1.82, 2.24) is 0 Å². The molecule has 3 heteroatoms. The topological polar surface area (TPSA) is 26.3 Å². The first-order chi connectivity index (χ1) is 12.8. The van der Waals surface area contributed by atoms with Crippen LogP contribution in [0.1, 0.15) is 47.5 Å². The lowest BCUT2D eigenvalue weighted by molar-refractivity contribution is -0.122. The highest BCUT2D eigenvalue weighted by Gasteiger charge is 2.53. The maximum absolute atomic E-state index is 12.3. The van der Waals surface area contributed by atoms with Crippen LogP contribution in [-0.4, -0.2) is 20.2 Å². The molecule has 0 spiro atoms. The molecule has 0 heterocycles. The molecule has 1 aliphatic rings. The van der Waals surface area contributed by atoms with Crippen molar-refractivity contribution in [1.29, 1.82) is 0 Å². The van der Waals surface area contributed by atoms with Crippen LogP contribution in [0.25, 0.3) is 0 Å². The SMILES string of the molecule is CC(=O)C1CC(C)C[C@H]1O[Si](c1ccccc1)(c1ccccc1)C(C)(C)C. The first-order valence-corrected chi connectivity index (χ1v) is 12.0. The average molecular weight is 381 g/mol. The minimum atomic E-state index is -2.58. The lowest BCUT2D eigenvalue weighted by atomic mass is 10.0. The minimum Gasteiger partial charge on any atom is -0.404 e. The van der Waals surface area contributed by atoms with Gasteiger partial charge in [-0.3, -0.25) is 4.79 Å². The molecule has 3 atom stereocenters. The summed E-state index contributed by atoms with van der Waals surface area (Å²) in [7, 11) is -2.58. The zero-order valence-corrected chi connectivity index (χ0v) is 18.2. The third-order valence-corrected chi connectivity index (χ3v) is 11.1. The normalized spacial score (nSPS) is 23.4. The van der Waals surface area contributed by atoms with Gasteiger partial charge in [0.25, 0.3) is 8.32 Å². The van der Waals surface area contributed by atoms with E-state index in [1.165, 1.54) is 10.4 Å². The van der Waals surface area contributed by atoms with Gasteiger partial charge in [-0.2, -0.15) is 0 Å². The van der Waals surface area contributed by atoms with Crippen LogP contribution in [0, 0.1) is 11.8 Å². The fourth-order valence-electron chi connectivity index (χ4n) is 4.72. The van der Waals surface area contributed by atoms with E-state index < -0.39 is 8.32 Å². The van der Waals surface area contributed by atoms with E-state index >= 15 is 0 Å². The van der Waals surface area contributed by atoms with Crippen LogP contribution < -0.4 is 10.4 Å². The first kappa shape index (κ1) is 20.0. The van der Waals surface area contributed by atoms with E-state index in [2.05, 4.69) is 88.4 Å². The van der Waals surface area contributed by atoms with Crippen LogP contribution in [0.3, 0.4) is 0 Å². The van der Waals surface area contributed by atoms with E-state index in [4.69, 9.17) is 4.43 Å². The molecule has 27 heavy (non-hydrogen) atoms. The van der Waals surface area contributed by atoms with Gasteiger partial charge in [-0.15, -0.1) is 0 Å². The summed E-state index contributed by atoms with van der Waals surface area (Å²) in [5.74, 6) is 0.811. The van der Waals surface area contributed by atoms with Crippen molar-refractivity contribution < 1.29 is 9.22 Å². The van der Waals surface area contributed by atoms with E-state index in [0.29, 0.717) is 5.92 Å². The third-order valence-electron chi connectivity index (χ3n) is 6.01. The fraction of sp³-hybridized carbons (Fsp3) is 0.458. The molecule has 2 nitrogen and oxygen atoms in total. The van der Waals surface area contributed by atoms with Crippen LogP contribution in [0.2, 0.25) is 5.04 Å². The molecule has 2 unspecified atom stereocenters. The lowest BCUT2D eigenvalue weighted by Gasteiger charge is -2.45. The summed E-state index contributed by atoms with van der Waals surface area (Å²) in [4.78, 5) is 12.3.